The van der Waals surface area contributed by atoms with Crippen molar-refractivity contribution in [3.05, 3.63) is 36.5 Å². The van der Waals surface area contributed by atoms with Crippen LogP contribution in [0.1, 0.15) is 6.92 Å². The van der Waals surface area contributed by atoms with E-state index in [0.29, 0.717) is 6.04 Å². The van der Waals surface area contributed by atoms with Crippen LogP contribution in [-0.2, 0) is 0 Å². The molecule has 1 aliphatic rings. The van der Waals surface area contributed by atoms with Crippen molar-refractivity contribution in [2.45, 2.75) is 13.0 Å². The molecule has 0 amide bonds. The van der Waals surface area contributed by atoms with Crippen molar-refractivity contribution in [3.63, 3.8) is 0 Å². The zero-order valence-electron chi connectivity index (χ0n) is 10.1. The molecule has 0 aliphatic carbocycles. The lowest BCUT2D eigenvalue weighted by Gasteiger charge is -2.36. The minimum atomic E-state index is 0.537. The van der Waals surface area contributed by atoms with E-state index in [1.165, 1.54) is 11.1 Å². The van der Waals surface area contributed by atoms with Crippen LogP contribution < -0.4 is 10.2 Å². The average molecular weight is 227 g/mol. The van der Waals surface area contributed by atoms with Crippen LogP contribution in [-0.4, -0.2) is 30.7 Å². The Kier molecular flexibility index (Phi) is 2.69. The summed E-state index contributed by atoms with van der Waals surface area (Å²) in [5.41, 5.74) is 2.39. The maximum atomic E-state index is 4.42. The van der Waals surface area contributed by atoms with E-state index in [2.05, 4.69) is 46.4 Å². The van der Waals surface area contributed by atoms with E-state index in [4.69, 9.17) is 0 Å². The molecular weight excluding hydrogens is 210 g/mol. The zero-order chi connectivity index (χ0) is 11.7. The number of nitrogens with zero attached hydrogens (tertiary/aromatic N) is 2. The molecule has 1 saturated heterocycles. The van der Waals surface area contributed by atoms with Gasteiger partial charge in [0, 0.05) is 42.9 Å². The summed E-state index contributed by atoms with van der Waals surface area (Å²) in [6, 6.07) is 11.1. The number of rotatable bonds is 1. The number of hydrogen-bond acceptors (Lipinski definition) is 3. The van der Waals surface area contributed by atoms with E-state index in [9.17, 15) is 0 Å². The van der Waals surface area contributed by atoms with Crippen LogP contribution in [0.25, 0.3) is 10.9 Å². The van der Waals surface area contributed by atoms with Crippen molar-refractivity contribution in [2.24, 2.45) is 0 Å². The fraction of sp³-hybridized carbons (Fsp3) is 0.357. The highest BCUT2D eigenvalue weighted by atomic mass is 15.2. The van der Waals surface area contributed by atoms with Gasteiger partial charge in [0.2, 0.25) is 0 Å². The van der Waals surface area contributed by atoms with E-state index in [0.717, 1.165) is 25.2 Å². The lowest BCUT2D eigenvalue weighted by molar-refractivity contribution is 0.502. The number of benzene rings is 1. The fourth-order valence-corrected chi connectivity index (χ4v) is 2.54. The Morgan fingerprint density at radius 1 is 1.29 bits per heavy atom. The quantitative estimate of drug-likeness (QED) is 0.808. The molecule has 17 heavy (non-hydrogen) atoms. The first-order valence-electron chi connectivity index (χ1n) is 6.17. The van der Waals surface area contributed by atoms with Crippen LogP contribution >= 0.6 is 0 Å². The summed E-state index contributed by atoms with van der Waals surface area (Å²) < 4.78 is 0. The number of hydrogen-bond donors (Lipinski definition) is 1. The van der Waals surface area contributed by atoms with Crippen LogP contribution in [0.2, 0.25) is 0 Å². The molecule has 1 unspecified atom stereocenters. The average Bonchev–Trinajstić information content (AvgIpc) is 2.39. The molecule has 0 saturated carbocycles. The second-order valence-electron chi connectivity index (χ2n) is 4.59. The topological polar surface area (TPSA) is 28.2 Å². The molecule has 3 heteroatoms. The Balaban J connectivity index is 2.10. The zero-order valence-corrected chi connectivity index (χ0v) is 10.1. The van der Waals surface area contributed by atoms with Gasteiger partial charge in [-0.1, -0.05) is 6.07 Å². The van der Waals surface area contributed by atoms with Crippen molar-refractivity contribution in [1.29, 1.82) is 0 Å². The number of anilines is 1. The number of fused-ring (bicyclic) bond motifs is 1. The summed E-state index contributed by atoms with van der Waals surface area (Å²) in [7, 11) is 0. The van der Waals surface area contributed by atoms with E-state index in [-0.39, 0.29) is 0 Å². The third-order valence-corrected chi connectivity index (χ3v) is 3.43. The summed E-state index contributed by atoms with van der Waals surface area (Å²) in [5.74, 6) is 0. The Labute approximate surface area is 101 Å². The van der Waals surface area contributed by atoms with Gasteiger partial charge in [-0.3, -0.25) is 4.98 Å². The van der Waals surface area contributed by atoms with Crippen LogP contribution in [0.15, 0.2) is 36.5 Å². The summed E-state index contributed by atoms with van der Waals surface area (Å²) >= 11 is 0. The summed E-state index contributed by atoms with van der Waals surface area (Å²) in [6.45, 7) is 5.44. The van der Waals surface area contributed by atoms with Crippen molar-refractivity contribution in [2.75, 3.05) is 24.5 Å². The first kappa shape index (κ1) is 10.5. The van der Waals surface area contributed by atoms with Gasteiger partial charge < -0.3 is 10.2 Å². The molecule has 0 spiro atoms. The number of pyridine rings is 1. The second kappa shape index (κ2) is 4.34. The molecule has 88 valence electrons. The molecule has 1 N–H and O–H groups in total. The van der Waals surface area contributed by atoms with Gasteiger partial charge in [0.15, 0.2) is 0 Å². The van der Waals surface area contributed by atoms with Gasteiger partial charge in [-0.2, -0.15) is 0 Å². The Hall–Kier alpha value is -1.61. The molecule has 0 bridgehead atoms. The maximum Gasteiger partial charge on any atom is 0.0722 e. The highest BCUT2D eigenvalue weighted by molar-refractivity contribution is 5.91. The normalized spacial score (nSPS) is 20.8. The van der Waals surface area contributed by atoms with Crippen molar-refractivity contribution < 1.29 is 0 Å². The predicted octanol–water partition coefficient (Wildman–Crippen LogP) is 2.03. The lowest BCUT2D eigenvalue weighted by atomic mass is 10.1. The minimum Gasteiger partial charge on any atom is -0.366 e. The third kappa shape index (κ3) is 1.87. The molecule has 1 fully saturated rings. The highest BCUT2D eigenvalue weighted by Crippen LogP contribution is 2.27. The SMILES string of the molecule is CC1CNCCN1c1cccc2ncccc12. The van der Waals surface area contributed by atoms with Gasteiger partial charge in [-0.25, -0.2) is 0 Å². The molecular formula is C14H17N3. The molecule has 1 atom stereocenters. The highest BCUT2D eigenvalue weighted by Gasteiger charge is 2.19. The first-order valence-corrected chi connectivity index (χ1v) is 6.17. The monoisotopic (exact) mass is 227 g/mol. The van der Waals surface area contributed by atoms with Gasteiger partial charge in [-0.05, 0) is 31.2 Å². The molecule has 1 aromatic carbocycles. The molecule has 2 heterocycles. The number of aromatic nitrogens is 1. The van der Waals surface area contributed by atoms with Crippen molar-refractivity contribution in [3.8, 4) is 0 Å². The Bertz CT molecular complexity index is 518. The fourth-order valence-electron chi connectivity index (χ4n) is 2.54. The van der Waals surface area contributed by atoms with Gasteiger partial charge >= 0.3 is 0 Å². The lowest BCUT2D eigenvalue weighted by Crippen LogP contribution is -2.50. The van der Waals surface area contributed by atoms with Gasteiger partial charge in [0.25, 0.3) is 0 Å². The van der Waals surface area contributed by atoms with E-state index >= 15 is 0 Å². The molecule has 1 aliphatic heterocycles. The number of piperazine rings is 1. The van der Waals surface area contributed by atoms with Crippen molar-refractivity contribution in [1.82, 2.24) is 10.3 Å². The molecule has 3 nitrogen and oxygen atoms in total. The second-order valence-corrected chi connectivity index (χ2v) is 4.59. The third-order valence-electron chi connectivity index (χ3n) is 3.43. The summed E-state index contributed by atoms with van der Waals surface area (Å²) in [5, 5.41) is 4.68. The van der Waals surface area contributed by atoms with E-state index in [1.54, 1.807) is 0 Å². The largest absolute Gasteiger partial charge is 0.366 e. The molecule has 0 radical (unpaired) electrons. The van der Waals surface area contributed by atoms with E-state index in [1.807, 2.05) is 12.3 Å². The predicted molar refractivity (Wildman–Crippen MR) is 71.4 cm³/mol. The van der Waals surface area contributed by atoms with Crippen LogP contribution in [0, 0.1) is 0 Å². The van der Waals surface area contributed by atoms with Crippen LogP contribution in [0.5, 0.6) is 0 Å². The first-order chi connectivity index (χ1) is 8.36. The number of nitrogens with one attached hydrogen (secondary N) is 1. The molecule has 3 rings (SSSR count). The summed E-state index contributed by atoms with van der Waals surface area (Å²) in [6.07, 6.45) is 1.85. The maximum absolute atomic E-state index is 4.42. The Morgan fingerprint density at radius 3 is 3.12 bits per heavy atom. The smallest absolute Gasteiger partial charge is 0.0722 e. The van der Waals surface area contributed by atoms with Gasteiger partial charge in [0.05, 0.1) is 5.52 Å². The minimum absolute atomic E-state index is 0.537. The van der Waals surface area contributed by atoms with Crippen molar-refractivity contribution >= 4 is 16.6 Å². The van der Waals surface area contributed by atoms with E-state index < -0.39 is 0 Å². The van der Waals surface area contributed by atoms with Crippen LogP contribution in [0.4, 0.5) is 5.69 Å². The Morgan fingerprint density at radius 2 is 2.24 bits per heavy atom. The van der Waals surface area contributed by atoms with Gasteiger partial charge in [-0.15, -0.1) is 0 Å². The standard InChI is InChI=1S/C14H17N3/c1-11-10-15-8-9-17(11)14-6-2-5-13-12(14)4-3-7-16-13/h2-7,11,15H,8-10H2,1H3. The summed E-state index contributed by atoms with van der Waals surface area (Å²) in [4.78, 5) is 6.89. The van der Waals surface area contributed by atoms with Crippen LogP contribution in [0.3, 0.4) is 0 Å². The molecule has 1 aromatic heterocycles. The van der Waals surface area contributed by atoms with Gasteiger partial charge in [0.1, 0.15) is 0 Å². The molecule has 2 aromatic rings.